The first-order valence-corrected chi connectivity index (χ1v) is 4.47. The first kappa shape index (κ1) is 11.1. The Bertz CT molecular complexity index is 149. The van der Waals surface area contributed by atoms with Crippen LogP contribution in [0.25, 0.3) is 0 Å². The molecule has 0 aliphatic carbocycles. The largest absolute Gasteiger partial charge is 0.487 e. The third-order valence-corrected chi connectivity index (χ3v) is 1.37. The molecule has 0 spiro atoms. The van der Waals surface area contributed by atoms with Gasteiger partial charge in [-0.3, -0.25) is 0 Å². The van der Waals surface area contributed by atoms with Gasteiger partial charge in [0.05, 0.1) is 0 Å². The third kappa shape index (κ3) is 2.99. The van der Waals surface area contributed by atoms with Crippen molar-refractivity contribution in [2.45, 2.75) is 27.7 Å². The Kier molecular flexibility index (Phi) is 6.25. The molecule has 0 aromatic heterocycles. The minimum absolute atomic E-state index is 0.664. The van der Waals surface area contributed by atoms with Gasteiger partial charge in [-0.05, 0) is 26.0 Å². The number of ether oxygens (including phenoxy) is 2. The van der Waals surface area contributed by atoms with Crippen LogP contribution in [-0.2, 0) is 9.47 Å². The van der Waals surface area contributed by atoms with E-state index >= 15 is 0 Å². The van der Waals surface area contributed by atoms with E-state index in [1.165, 1.54) is 0 Å². The van der Waals surface area contributed by atoms with Gasteiger partial charge < -0.3 is 9.47 Å². The van der Waals surface area contributed by atoms with Crippen LogP contribution in [0.15, 0.2) is 23.7 Å². The maximum atomic E-state index is 5.30. The molecule has 70 valence electrons. The van der Waals surface area contributed by atoms with Gasteiger partial charge >= 0.3 is 0 Å². The zero-order chi connectivity index (χ0) is 9.40. The van der Waals surface area contributed by atoms with Crippen LogP contribution in [0.1, 0.15) is 27.7 Å². The monoisotopic (exact) mass is 170 g/mol. The molecule has 1 saturated heterocycles. The Morgan fingerprint density at radius 3 is 1.50 bits per heavy atom. The van der Waals surface area contributed by atoms with Crippen LogP contribution in [0.3, 0.4) is 0 Å². The topological polar surface area (TPSA) is 18.5 Å². The van der Waals surface area contributed by atoms with Gasteiger partial charge in [-0.25, -0.2) is 0 Å². The van der Waals surface area contributed by atoms with Crippen LogP contribution in [0.4, 0.5) is 0 Å². The van der Waals surface area contributed by atoms with E-state index in [2.05, 4.69) is 0 Å². The molecule has 0 aromatic rings. The summed E-state index contributed by atoms with van der Waals surface area (Å²) in [7, 11) is 0. The van der Waals surface area contributed by atoms with Crippen molar-refractivity contribution in [2.24, 2.45) is 0 Å². The van der Waals surface area contributed by atoms with Crippen molar-refractivity contribution in [3.8, 4) is 0 Å². The van der Waals surface area contributed by atoms with Crippen LogP contribution in [0.5, 0.6) is 0 Å². The lowest BCUT2D eigenvalue weighted by Crippen LogP contribution is -2.13. The second kappa shape index (κ2) is 6.77. The number of rotatable bonds is 0. The average molecular weight is 170 g/mol. The number of hydrogen-bond acceptors (Lipinski definition) is 2. The van der Waals surface area contributed by atoms with Gasteiger partial charge in [0.1, 0.15) is 13.2 Å². The predicted molar refractivity (Wildman–Crippen MR) is 50.8 cm³/mol. The van der Waals surface area contributed by atoms with E-state index in [0.717, 1.165) is 11.5 Å². The fourth-order valence-corrected chi connectivity index (χ4v) is 0.897. The van der Waals surface area contributed by atoms with Crippen molar-refractivity contribution in [3.05, 3.63) is 23.7 Å². The first-order valence-electron chi connectivity index (χ1n) is 4.47. The fraction of sp³-hybridized carbons (Fsp3) is 0.600. The van der Waals surface area contributed by atoms with Gasteiger partial charge in [0.15, 0.2) is 11.5 Å². The second-order valence-electron chi connectivity index (χ2n) is 2.00. The first-order chi connectivity index (χ1) is 5.88. The Balaban J connectivity index is 0.000000561. The molecule has 0 amide bonds. The van der Waals surface area contributed by atoms with E-state index in [1.54, 1.807) is 0 Å². The van der Waals surface area contributed by atoms with Gasteiger partial charge in [0.2, 0.25) is 0 Å². The van der Waals surface area contributed by atoms with Gasteiger partial charge in [0, 0.05) is 0 Å². The molecular weight excluding hydrogens is 152 g/mol. The second-order valence-corrected chi connectivity index (χ2v) is 2.00. The van der Waals surface area contributed by atoms with Gasteiger partial charge in [0.25, 0.3) is 0 Å². The molecule has 1 rings (SSSR count). The Morgan fingerprint density at radius 2 is 1.25 bits per heavy atom. The summed E-state index contributed by atoms with van der Waals surface area (Å²) >= 11 is 0. The summed E-state index contributed by atoms with van der Waals surface area (Å²) in [5, 5.41) is 0. The quantitative estimate of drug-likeness (QED) is 0.556. The number of allylic oxidation sites excluding steroid dienone is 2. The molecule has 0 bridgehead atoms. The molecule has 1 aliphatic heterocycles. The molecule has 0 radical (unpaired) electrons. The van der Waals surface area contributed by atoms with Crippen LogP contribution in [0, 0.1) is 0 Å². The Morgan fingerprint density at radius 1 is 0.917 bits per heavy atom. The highest BCUT2D eigenvalue weighted by Crippen LogP contribution is 2.16. The minimum atomic E-state index is 0.664. The molecule has 2 heteroatoms. The highest BCUT2D eigenvalue weighted by Gasteiger charge is 2.10. The maximum absolute atomic E-state index is 5.30. The highest BCUT2D eigenvalue weighted by atomic mass is 16.6. The van der Waals surface area contributed by atoms with Crippen molar-refractivity contribution in [2.75, 3.05) is 13.2 Å². The fourth-order valence-electron chi connectivity index (χ4n) is 0.897. The van der Waals surface area contributed by atoms with E-state index < -0.39 is 0 Å². The molecule has 0 saturated carbocycles. The summed E-state index contributed by atoms with van der Waals surface area (Å²) in [6.07, 6.45) is 3.82. The summed E-state index contributed by atoms with van der Waals surface area (Å²) in [5.74, 6) is 1.71. The molecule has 1 aliphatic rings. The van der Waals surface area contributed by atoms with E-state index in [4.69, 9.17) is 9.47 Å². The molecule has 2 nitrogen and oxygen atoms in total. The van der Waals surface area contributed by atoms with Crippen molar-refractivity contribution < 1.29 is 9.47 Å². The van der Waals surface area contributed by atoms with Crippen LogP contribution < -0.4 is 0 Å². The molecule has 0 N–H and O–H groups in total. The van der Waals surface area contributed by atoms with Gasteiger partial charge in [-0.1, -0.05) is 13.8 Å². The summed E-state index contributed by atoms with van der Waals surface area (Å²) in [6, 6.07) is 0. The van der Waals surface area contributed by atoms with E-state index in [-0.39, 0.29) is 0 Å². The van der Waals surface area contributed by atoms with E-state index in [1.807, 2.05) is 39.8 Å². The van der Waals surface area contributed by atoms with Gasteiger partial charge in [-0.2, -0.15) is 0 Å². The Hall–Kier alpha value is -0.920. The lowest BCUT2D eigenvalue weighted by atomic mass is 10.3. The SMILES string of the molecule is C/C=C1/OCCO/C1=C/C.CC. The Labute approximate surface area is 74.9 Å². The molecular formula is C10H18O2. The summed E-state index contributed by atoms with van der Waals surface area (Å²) < 4.78 is 10.6. The number of hydrogen-bond donors (Lipinski definition) is 0. The lowest BCUT2D eigenvalue weighted by molar-refractivity contribution is 0.0591. The maximum Gasteiger partial charge on any atom is 0.156 e. The molecule has 0 aromatic carbocycles. The molecule has 1 fully saturated rings. The highest BCUT2D eigenvalue weighted by molar-refractivity contribution is 5.19. The third-order valence-electron chi connectivity index (χ3n) is 1.37. The zero-order valence-corrected chi connectivity index (χ0v) is 8.39. The van der Waals surface area contributed by atoms with Crippen LogP contribution >= 0.6 is 0 Å². The average Bonchev–Trinajstić information content (AvgIpc) is 2.20. The molecule has 0 unspecified atom stereocenters. The molecule has 12 heavy (non-hydrogen) atoms. The lowest BCUT2D eigenvalue weighted by Gasteiger charge is -2.19. The molecule has 0 atom stereocenters. The summed E-state index contributed by atoms with van der Waals surface area (Å²) in [6.45, 7) is 9.20. The van der Waals surface area contributed by atoms with Gasteiger partial charge in [-0.15, -0.1) is 0 Å². The van der Waals surface area contributed by atoms with Crippen molar-refractivity contribution >= 4 is 0 Å². The zero-order valence-electron chi connectivity index (χ0n) is 8.39. The van der Waals surface area contributed by atoms with Crippen LogP contribution in [-0.4, -0.2) is 13.2 Å². The molecule has 1 heterocycles. The summed E-state index contributed by atoms with van der Waals surface area (Å²) in [4.78, 5) is 0. The normalized spacial score (nSPS) is 22.3. The minimum Gasteiger partial charge on any atom is -0.487 e. The van der Waals surface area contributed by atoms with Crippen LogP contribution in [0.2, 0.25) is 0 Å². The van der Waals surface area contributed by atoms with E-state index in [9.17, 15) is 0 Å². The van der Waals surface area contributed by atoms with Crippen molar-refractivity contribution in [1.82, 2.24) is 0 Å². The standard InChI is InChI=1S/C8H12O2.C2H6/c1-3-7-8(4-2)10-6-5-9-7;1-2/h3-4H,5-6H2,1-2H3;1-2H3/b7-3+,8-4+;. The summed E-state index contributed by atoms with van der Waals surface area (Å²) in [5.41, 5.74) is 0. The smallest absolute Gasteiger partial charge is 0.156 e. The van der Waals surface area contributed by atoms with Crippen molar-refractivity contribution in [3.63, 3.8) is 0 Å². The van der Waals surface area contributed by atoms with Crippen molar-refractivity contribution in [1.29, 1.82) is 0 Å². The predicted octanol–water partition coefficient (Wildman–Crippen LogP) is 2.87. The van der Waals surface area contributed by atoms with E-state index in [0.29, 0.717) is 13.2 Å².